The average Bonchev–Trinajstić information content (AvgIpc) is 3.22. The quantitative estimate of drug-likeness (QED) is 0.0166. The van der Waals surface area contributed by atoms with Crippen LogP contribution in [0.15, 0.2) is 24.3 Å². The Morgan fingerprint density at radius 1 is 0.433 bits per heavy atom. The number of phosphoric ester groups is 2. The van der Waals surface area contributed by atoms with Gasteiger partial charge in [0.15, 0.2) is 0 Å². The zero-order valence-corrected chi connectivity index (χ0v) is 38.7. The summed E-state index contributed by atoms with van der Waals surface area (Å²) >= 11 is 0. The first-order valence-corrected chi connectivity index (χ1v) is 25.7. The number of carbonyl (C=O) groups is 2. The summed E-state index contributed by atoms with van der Waals surface area (Å²) in [5, 5.41) is 29.9. The van der Waals surface area contributed by atoms with Gasteiger partial charge >= 0.3 is 27.6 Å². The number of carbonyl (C=O) groups excluding carboxylic acids is 2. The second kappa shape index (κ2) is 40.3. The molecule has 15 nitrogen and oxygen atoms in total. The maximum atomic E-state index is 12.1. The van der Waals surface area contributed by atoms with E-state index in [0.29, 0.717) is 12.8 Å². The van der Waals surface area contributed by atoms with Gasteiger partial charge in [0.05, 0.1) is 26.4 Å². The van der Waals surface area contributed by atoms with Gasteiger partial charge in [-0.05, 0) is 44.9 Å². The molecule has 0 aromatic heterocycles. The first-order valence-electron chi connectivity index (χ1n) is 22.7. The fourth-order valence-corrected chi connectivity index (χ4v) is 7.42. The molecule has 0 fully saturated rings. The Balaban J connectivity index is 3.90. The number of phosphoric acid groups is 2. The van der Waals surface area contributed by atoms with E-state index in [0.717, 1.165) is 57.8 Å². The van der Waals surface area contributed by atoms with Gasteiger partial charge in [0, 0.05) is 12.8 Å². The van der Waals surface area contributed by atoms with Gasteiger partial charge in [-0.2, -0.15) is 0 Å². The molecule has 0 saturated heterocycles. The van der Waals surface area contributed by atoms with Crippen LogP contribution in [0.5, 0.6) is 0 Å². The highest BCUT2D eigenvalue weighted by atomic mass is 31.2. The second-order valence-corrected chi connectivity index (χ2v) is 18.3. The summed E-state index contributed by atoms with van der Waals surface area (Å²) in [6.07, 6.45) is 31.7. The molecule has 0 aromatic rings. The van der Waals surface area contributed by atoms with Crippen molar-refractivity contribution < 1.29 is 71.4 Å². The van der Waals surface area contributed by atoms with Gasteiger partial charge in [-0.15, -0.1) is 0 Å². The van der Waals surface area contributed by atoms with E-state index in [1.807, 2.05) is 0 Å². The predicted molar refractivity (Wildman–Crippen MR) is 233 cm³/mol. The third-order valence-electron chi connectivity index (χ3n) is 9.41. The lowest BCUT2D eigenvalue weighted by molar-refractivity contribution is -0.148. The van der Waals surface area contributed by atoms with Crippen LogP contribution in [0.2, 0.25) is 0 Å². The molecule has 0 spiro atoms. The minimum absolute atomic E-state index is 0.189. The number of ether oxygens (including phenoxy) is 2. The number of esters is 2. The number of unbranched alkanes of at least 4 members (excludes halogenated alkanes) is 20. The van der Waals surface area contributed by atoms with E-state index in [4.69, 9.17) is 9.47 Å². The number of allylic oxidation sites excluding steroid dienone is 4. The van der Waals surface area contributed by atoms with Gasteiger partial charge in [-0.25, -0.2) is 9.13 Å². The third-order valence-corrected chi connectivity index (χ3v) is 11.3. The van der Waals surface area contributed by atoms with E-state index in [2.05, 4.69) is 56.2 Å². The monoisotopic (exact) mass is 901 g/mol. The lowest BCUT2D eigenvalue weighted by Gasteiger charge is -2.19. The lowest BCUT2D eigenvalue weighted by atomic mass is 10.1. The lowest BCUT2D eigenvalue weighted by Crippen LogP contribution is -2.25. The molecule has 0 aliphatic carbocycles. The Bertz CT molecular complexity index is 1190. The van der Waals surface area contributed by atoms with E-state index in [1.54, 1.807) is 0 Å². The molecule has 60 heavy (non-hydrogen) atoms. The van der Waals surface area contributed by atoms with Crippen LogP contribution in [0.3, 0.4) is 0 Å². The molecule has 354 valence electrons. The number of hydrogen-bond donors (Lipinski definition) is 5. The fourth-order valence-electron chi connectivity index (χ4n) is 5.83. The van der Waals surface area contributed by atoms with Gasteiger partial charge in [-0.3, -0.25) is 27.7 Å². The Morgan fingerprint density at radius 2 is 0.717 bits per heavy atom. The second-order valence-electron chi connectivity index (χ2n) is 15.4. The topological polar surface area (TPSA) is 225 Å². The van der Waals surface area contributed by atoms with Gasteiger partial charge in [0.25, 0.3) is 0 Å². The fraction of sp³-hybridized carbons (Fsp3) is 0.860. The van der Waals surface area contributed by atoms with E-state index in [-0.39, 0.29) is 12.8 Å². The van der Waals surface area contributed by atoms with Crippen LogP contribution < -0.4 is 0 Å². The first-order chi connectivity index (χ1) is 28.8. The summed E-state index contributed by atoms with van der Waals surface area (Å²) in [5.74, 6) is -1.00. The zero-order valence-electron chi connectivity index (χ0n) is 36.9. The van der Waals surface area contributed by atoms with Crippen molar-refractivity contribution in [3.63, 3.8) is 0 Å². The Hall–Kier alpha value is -1.48. The summed E-state index contributed by atoms with van der Waals surface area (Å²) in [5.41, 5.74) is 0. The Morgan fingerprint density at radius 3 is 1.08 bits per heavy atom. The van der Waals surface area contributed by atoms with Crippen LogP contribution in [0.1, 0.15) is 181 Å². The van der Waals surface area contributed by atoms with Crippen molar-refractivity contribution >= 4 is 27.6 Å². The number of aliphatic hydroxyl groups is 3. The van der Waals surface area contributed by atoms with E-state index < -0.39 is 85.5 Å². The van der Waals surface area contributed by atoms with E-state index >= 15 is 0 Å². The maximum Gasteiger partial charge on any atom is 0.472 e. The molecule has 0 aromatic carbocycles. The Labute approximate surface area is 361 Å². The van der Waals surface area contributed by atoms with Crippen LogP contribution in [0.25, 0.3) is 0 Å². The van der Waals surface area contributed by atoms with E-state index in [9.17, 15) is 43.8 Å². The summed E-state index contributed by atoms with van der Waals surface area (Å²) in [6, 6.07) is 0. The summed E-state index contributed by atoms with van der Waals surface area (Å²) in [7, 11) is -9.56. The molecule has 17 heteroatoms. The number of aliphatic hydroxyl groups excluding tert-OH is 3. The van der Waals surface area contributed by atoms with Gasteiger partial charge in [-0.1, -0.05) is 147 Å². The third kappa shape index (κ3) is 41.9. The van der Waals surface area contributed by atoms with E-state index in [1.165, 1.54) is 83.5 Å². The zero-order chi connectivity index (χ0) is 44.6. The van der Waals surface area contributed by atoms with Gasteiger partial charge in [0.1, 0.15) is 31.5 Å². The van der Waals surface area contributed by atoms with Crippen molar-refractivity contribution in [2.75, 3.05) is 39.6 Å². The molecule has 0 aliphatic heterocycles. The summed E-state index contributed by atoms with van der Waals surface area (Å²) < 4.78 is 52.9. The van der Waals surface area contributed by atoms with Crippen molar-refractivity contribution in [1.29, 1.82) is 0 Å². The molecule has 5 unspecified atom stereocenters. The van der Waals surface area contributed by atoms with Crippen molar-refractivity contribution in [3.05, 3.63) is 24.3 Å². The molecule has 0 amide bonds. The number of rotatable bonds is 44. The van der Waals surface area contributed by atoms with Crippen LogP contribution >= 0.6 is 15.6 Å². The van der Waals surface area contributed by atoms with Crippen LogP contribution in [0, 0.1) is 0 Å². The normalized spacial score (nSPS) is 15.5. The molecular weight excluding hydrogens is 818 g/mol. The smallest absolute Gasteiger partial charge is 0.463 e. The SMILES string of the molecule is CCCCC/C=C\C/C=C\CCCCCCCCCC(=O)OCC(O)COP(=O)(O)OCC(O)COP(=O)(O)OCC(O)COC(=O)CCCCCCCCCCCCC. The first kappa shape index (κ1) is 58.5. The Kier molecular flexibility index (Phi) is 39.3. The summed E-state index contributed by atoms with van der Waals surface area (Å²) in [4.78, 5) is 43.6. The standard InChI is InChI=1S/C43H82O15P2/c1-3-5-7-9-11-13-15-16-17-18-19-20-22-24-26-28-30-32-43(48)54-34-40(45)36-56-60(51,52)58-38-41(46)37-57-59(49,50)55-35-39(44)33-53-42(47)31-29-27-25-23-21-14-12-10-8-6-4-2/h11,13,16-17,39-41,44-46H,3-10,12,14-15,18-38H2,1-2H3,(H,49,50)(H,51,52)/b13-11-,17-16-. The minimum Gasteiger partial charge on any atom is -0.463 e. The van der Waals surface area contributed by atoms with Crippen molar-refractivity contribution in [1.82, 2.24) is 0 Å². The summed E-state index contributed by atoms with van der Waals surface area (Å²) in [6.45, 7) is 0.378. The molecule has 0 rings (SSSR count). The molecule has 0 bridgehead atoms. The predicted octanol–water partition coefficient (Wildman–Crippen LogP) is 9.72. The highest BCUT2D eigenvalue weighted by molar-refractivity contribution is 7.47. The maximum absolute atomic E-state index is 12.1. The highest BCUT2D eigenvalue weighted by Gasteiger charge is 2.28. The van der Waals surface area contributed by atoms with Gasteiger partial charge < -0.3 is 34.6 Å². The molecule has 0 aliphatic rings. The van der Waals surface area contributed by atoms with Crippen LogP contribution in [0.4, 0.5) is 0 Å². The highest BCUT2D eigenvalue weighted by Crippen LogP contribution is 2.45. The van der Waals surface area contributed by atoms with Crippen LogP contribution in [-0.4, -0.2) is 95.0 Å². The molecule has 0 heterocycles. The molecule has 5 N–H and O–H groups in total. The average molecular weight is 901 g/mol. The van der Waals surface area contributed by atoms with Crippen LogP contribution in [-0.2, 0) is 46.3 Å². The largest absolute Gasteiger partial charge is 0.472 e. The molecule has 0 saturated carbocycles. The minimum atomic E-state index is -4.78. The van der Waals surface area contributed by atoms with Gasteiger partial charge in [0.2, 0.25) is 0 Å². The van der Waals surface area contributed by atoms with Crippen molar-refractivity contribution in [2.45, 2.75) is 199 Å². The van der Waals surface area contributed by atoms with Crippen molar-refractivity contribution in [2.24, 2.45) is 0 Å². The molecule has 0 radical (unpaired) electrons. The molecule has 5 atom stereocenters. The molecular formula is C43H82O15P2. The number of hydrogen-bond acceptors (Lipinski definition) is 13. The van der Waals surface area contributed by atoms with Crippen molar-refractivity contribution in [3.8, 4) is 0 Å².